The monoisotopic (exact) mass is 444 g/mol. The molecule has 2 N–H and O–H groups in total. The lowest BCUT2D eigenvalue weighted by Crippen LogP contribution is -2.05. The van der Waals surface area contributed by atoms with Crippen molar-refractivity contribution in [2.24, 2.45) is 0 Å². The van der Waals surface area contributed by atoms with E-state index in [9.17, 15) is 14.3 Å². The number of nitrogens with zero attached hydrogens (tertiary/aromatic N) is 1. The van der Waals surface area contributed by atoms with Gasteiger partial charge in [0, 0.05) is 29.1 Å². The number of hydrogen-bond donors (Lipinski definition) is 2. The first kappa shape index (κ1) is 19.8. The van der Waals surface area contributed by atoms with Crippen LogP contribution in [0.2, 0.25) is 0 Å². The van der Waals surface area contributed by atoms with Crippen LogP contribution in [0.1, 0.15) is 18.1 Å². The smallest absolute Gasteiger partial charge is 0.331 e. The van der Waals surface area contributed by atoms with Gasteiger partial charge in [0.05, 0.1) is 17.1 Å². The van der Waals surface area contributed by atoms with Crippen molar-refractivity contribution >= 4 is 44.7 Å². The zero-order chi connectivity index (χ0) is 20.3. The summed E-state index contributed by atoms with van der Waals surface area (Å²) in [6.45, 7) is 1.98. The maximum Gasteiger partial charge on any atom is 0.331 e. The molecule has 3 aromatic rings. The Morgan fingerprint density at radius 1 is 1.29 bits per heavy atom. The minimum absolute atomic E-state index is 0.176. The number of aliphatic carboxylic acids is 1. The largest absolute Gasteiger partial charge is 0.497 e. The molecule has 7 heteroatoms. The maximum absolute atomic E-state index is 13.9. The third-order valence-electron chi connectivity index (χ3n) is 4.21. The van der Waals surface area contributed by atoms with Crippen LogP contribution in [0.15, 0.2) is 52.5 Å². The standard InChI is InChI=1S/C21H18BrFN2O3/c1-12(21(26)27)7-15-8-14-9-17(22)18(23)10-19(14)25-20(15)24-11-13-3-5-16(28-2)6-4-13/h3-10H,11H2,1-2H3,(H,24,25)(H,26,27)/b12-7+. The van der Waals surface area contributed by atoms with Crippen LogP contribution in [0.25, 0.3) is 17.0 Å². The quantitative estimate of drug-likeness (QED) is 0.508. The Morgan fingerprint density at radius 3 is 2.64 bits per heavy atom. The molecule has 0 aliphatic carbocycles. The average molecular weight is 445 g/mol. The lowest BCUT2D eigenvalue weighted by molar-refractivity contribution is -0.132. The molecule has 0 fully saturated rings. The lowest BCUT2D eigenvalue weighted by atomic mass is 10.1. The van der Waals surface area contributed by atoms with E-state index in [0.29, 0.717) is 33.3 Å². The minimum atomic E-state index is -1.01. The van der Waals surface area contributed by atoms with Gasteiger partial charge in [-0.15, -0.1) is 0 Å². The molecule has 0 bridgehead atoms. The van der Waals surface area contributed by atoms with Crippen molar-refractivity contribution in [1.29, 1.82) is 0 Å². The number of hydrogen-bond acceptors (Lipinski definition) is 4. The molecular formula is C21H18BrFN2O3. The van der Waals surface area contributed by atoms with Crippen molar-refractivity contribution in [3.8, 4) is 5.75 Å². The SMILES string of the molecule is COc1ccc(CNc2nc3cc(F)c(Br)cc3cc2/C=C(\C)C(=O)O)cc1. The first-order valence-corrected chi connectivity index (χ1v) is 9.25. The van der Waals surface area contributed by atoms with E-state index >= 15 is 0 Å². The molecule has 5 nitrogen and oxygen atoms in total. The molecule has 2 aromatic carbocycles. The fourth-order valence-electron chi connectivity index (χ4n) is 2.66. The van der Waals surface area contributed by atoms with Crippen LogP contribution in [0, 0.1) is 5.82 Å². The first-order valence-electron chi connectivity index (χ1n) is 8.45. The number of carbonyl (C=O) groups is 1. The number of benzene rings is 2. The van der Waals surface area contributed by atoms with Crippen LogP contribution < -0.4 is 10.1 Å². The van der Waals surface area contributed by atoms with Gasteiger partial charge in [-0.25, -0.2) is 14.2 Å². The number of rotatable bonds is 6. The summed E-state index contributed by atoms with van der Waals surface area (Å²) < 4.78 is 19.4. The Hall–Kier alpha value is -2.93. The zero-order valence-corrected chi connectivity index (χ0v) is 16.9. The van der Waals surface area contributed by atoms with Crippen LogP contribution in [0.5, 0.6) is 5.75 Å². The van der Waals surface area contributed by atoms with Gasteiger partial charge >= 0.3 is 5.97 Å². The van der Waals surface area contributed by atoms with Gasteiger partial charge in [-0.3, -0.25) is 0 Å². The molecule has 0 aliphatic rings. The fraction of sp³-hybridized carbons (Fsp3) is 0.143. The number of aromatic nitrogens is 1. The molecule has 0 aliphatic heterocycles. The number of nitrogens with one attached hydrogen (secondary N) is 1. The predicted molar refractivity (Wildman–Crippen MR) is 111 cm³/mol. The number of halogens is 2. The lowest BCUT2D eigenvalue weighted by Gasteiger charge is -2.12. The molecular weight excluding hydrogens is 427 g/mol. The summed E-state index contributed by atoms with van der Waals surface area (Å²) in [5.41, 5.74) is 2.26. The average Bonchev–Trinajstić information content (AvgIpc) is 2.68. The van der Waals surface area contributed by atoms with E-state index in [4.69, 9.17) is 4.74 Å². The van der Waals surface area contributed by atoms with Gasteiger partial charge in [-0.2, -0.15) is 0 Å². The van der Waals surface area contributed by atoms with Crippen molar-refractivity contribution < 1.29 is 19.0 Å². The molecule has 0 amide bonds. The van der Waals surface area contributed by atoms with Crippen molar-refractivity contribution in [3.63, 3.8) is 0 Å². The summed E-state index contributed by atoms with van der Waals surface area (Å²) >= 11 is 3.17. The minimum Gasteiger partial charge on any atom is -0.497 e. The first-order chi connectivity index (χ1) is 13.4. The molecule has 0 atom stereocenters. The number of anilines is 1. The molecule has 28 heavy (non-hydrogen) atoms. The van der Waals surface area contributed by atoms with Crippen molar-refractivity contribution in [1.82, 2.24) is 4.98 Å². The second-order valence-electron chi connectivity index (χ2n) is 6.22. The molecule has 0 saturated carbocycles. The van der Waals surface area contributed by atoms with Crippen LogP contribution in [0.3, 0.4) is 0 Å². The van der Waals surface area contributed by atoms with E-state index in [-0.39, 0.29) is 5.57 Å². The van der Waals surface area contributed by atoms with E-state index < -0.39 is 11.8 Å². The topological polar surface area (TPSA) is 71.5 Å². The van der Waals surface area contributed by atoms with E-state index in [1.807, 2.05) is 24.3 Å². The van der Waals surface area contributed by atoms with Crippen LogP contribution in [0.4, 0.5) is 10.2 Å². The Bertz CT molecular complexity index is 1070. The second-order valence-corrected chi connectivity index (χ2v) is 7.07. The summed E-state index contributed by atoms with van der Waals surface area (Å²) in [6, 6.07) is 12.3. The maximum atomic E-state index is 13.9. The van der Waals surface area contributed by atoms with Crippen LogP contribution in [-0.2, 0) is 11.3 Å². The van der Waals surface area contributed by atoms with E-state index in [1.54, 1.807) is 25.3 Å². The Balaban J connectivity index is 2.00. The summed E-state index contributed by atoms with van der Waals surface area (Å²) in [5, 5.41) is 13.1. The highest BCUT2D eigenvalue weighted by molar-refractivity contribution is 9.10. The molecule has 0 saturated heterocycles. The predicted octanol–water partition coefficient (Wildman–Crippen LogP) is 5.25. The molecule has 0 spiro atoms. The van der Waals surface area contributed by atoms with Crippen molar-refractivity contribution in [2.75, 3.05) is 12.4 Å². The third kappa shape index (κ3) is 4.48. The van der Waals surface area contributed by atoms with E-state index in [1.165, 1.54) is 13.0 Å². The van der Waals surface area contributed by atoms with Gasteiger partial charge in [0.1, 0.15) is 17.4 Å². The second kappa shape index (κ2) is 8.39. The summed E-state index contributed by atoms with van der Waals surface area (Å²) in [7, 11) is 1.60. The highest BCUT2D eigenvalue weighted by atomic mass is 79.9. The summed E-state index contributed by atoms with van der Waals surface area (Å²) in [6.07, 6.45) is 1.54. The number of pyridine rings is 1. The van der Waals surface area contributed by atoms with Crippen molar-refractivity contribution in [2.45, 2.75) is 13.5 Å². The van der Waals surface area contributed by atoms with Crippen LogP contribution in [-0.4, -0.2) is 23.2 Å². The normalized spacial score (nSPS) is 11.5. The van der Waals surface area contributed by atoms with Crippen LogP contribution >= 0.6 is 15.9 Å². The highest BCUT2D eigenvalue weighted by Gasteiger charge is 2.11. The van der Waals surface area contributed by atoms with E-state index in [0.717, 1.165) is 11.3 Å². The van der Waals surface area contributed by atoms with E-state index in [2.05, 4.69) is 26.2 Å². The Morgan fingerprint density at radius 2 is 2.00 bits per heavy atom. The van der Waals surface area contributed by atoms with Gasteiger partial charge in [0.25, 0.3) is 0 Å². The van der Waals surface area contributed by atoms with Crippen molar-refractivity contribution in [3.05, 3.63) is 69.5 Å². The Kier molecular flexibility index (Phi) is 5.94. The third-order valence-corrected chi connectivity index (χ3v) is 4.82. The number of fused-ring (bicyclic) bond motifs is 1. The van der Waals surface area contributed by atoms with Gasteiger partial charge in [-0.1, -0.05) is 12.1 Å². The molecule has 0 radical (unpaired) electrons. The highest BCUT2D eigenvalue weighted by Crippen LogP contribution is 2.28. The number of ether oxygens (including phenoxy) is 1. The molecule has 0 unspecified atom stereocenters. The summed E-state index contributed by atoms with van der Waals surface area (Å²) in [4.78, 5) is 15.7. The summed E-state index contributed by atoms with van der Waals surface area (Å²) in [5.74, 6) is -0.187. The molecule has 144 valence electrons. The van der Waals surface area contributed by atoms with Gasteiger partial charge in [-0.05, 0) is 58.8 Å². The fourth-order valence-corrected chi connectivity index (χ4v) is 3.02. The number of carboxylic acids is 1. The molecule has 1 heterocycles. The van der Waals surface area contributed by atoms with Gasteiger partial charge < -0.3 is 15.2 Å². The number of methoxy groups -OCH3 is 1. The zero-order valence-electron chi connectivity index (χ0n) is 15.3. The number of carboxylic acid groups (broad SMARTS) is 1. The molecule has 1 aromatic heterocycles. The molecule has 3 rings (SSSR count). The Labute approximate surface area is 170 Å². The van der Waals surface area contributed by atoms with Gasteiger partial charge in [0.2, 0.25) is 0 Å². The van der Waals surface area contributed by atoms with Gasteiger partial charge in [0.15, 0.2) is 0 Å².